The monoisotopic (exact) mass is 377 g/mol. The summed E-state index contributed by atoms with van der Waals surface area (Å²) in [4.78, 5) is 2.55. The third kappa shape index (κ3) is 4.01. The fraction of sp³-hybridized carbons (Fsp3) is 0.440. The molecule has 0 spiro atoms. The molecule has 0 radical (unpaired) electrons. The van der Waals surface area contributed by atoms with Gasteiger partial charge < -0.3 is 9.84 Å². The van der Waals surface area contributed by atoms with E-state index in [1.165, 1.54) is 17.5 Å². The average Bonchev–Trinajstić information content (AvgIpc) is 2.74. The first-order valence-electron chi connectivity index (χ1n) is 10.5. The summed E-state index contributed by atoms with van der Waals surface area (Å²) in [6.45, 7) is 1.83. The average molecular weight is 378 g/mol. The van der Waals surface area contributed by atoms with Crippen LogP contribution < -0.4 is 4.74 Å². The number of hydrogen-bond acceptors (Lipinski definition) is 3. The Bertz CT molecular complexity index is 786. The van der Waals surface area contributed by atoms with Crippen molar-refractivity contribution in [1.82, 2.24) is 4.90 Å². The van der Waals surface area contributed by atoms with E-state index in [-0.39, 0.29) is 6.04 Å². The Balaban J connectivity index is 1.58. The highest BCUT2D eigenvalue weighted by atomic mass is 16.5. The Hall–Kier alpha value is -2.10. The lowest BCUT2D eigenvalue weighted by Crippen LogP contribution is -2.54. The van der Waals surface area contributed by atoms with Crippen LogP contribution in [0.25, 0.3) is 6.08 Å². The van der Waals surface area contributed by atoms with Crippen molar-refractivity contribution in [2.75, 3.05) is 20.2 Å². The van der Waals surface area contributed by atoms with E-state index in [1.807, 2.05) is 18.2 Å². The van der Waals surface area contributed by atoms with Gasteiger partial charge in [-0.05, 0) is 42.5 Å². The van der Waals surface area contributed by atoms with Crippen molar-refractivity contribution >= 4 is 6.08 Å². The number of rotatable bonds is 5. The molecular formula is C25H31NO2. The molecule has 1 saturated carbocycles. The third-order valence-electron chi connectivity index (χ3n) is 6.58. The molecule has 3 heteroatoms. The molecule has 28 heavy (non-hydrogen) atoms. The standard InChI is InChI=1S/C25H31NO2/c1-28-22-14-12-21(13-15-22)24-23-11-5-6-16-25(23,27)17-19-26(24)18-7-10-20-8-3-2-4-9-20/h2-4,7-10,12-15,23-24,27H,5-6,11,16-19H2,1H3/b10-7+/t23-,24-,25+/m0/s1. The van der Waals surface area contributed by atoms with Crippen molar-refractivity contribution in [3.05, 3.63) is 71.8 Å². The second-order valence-corrected chi connectivity index (χ2v) is 8.23. The van der Waals surface area contributed by atoms with Crippen molar-refractivity contribution in [3.8, 4) is 5.75 Å². The quantitative estimate of drug-likeness (QED) is 0.789. The van der Waals surface area contributed by atoms with Gasteiger partial charge in [-0.3, -0.25) is 4.90 Å². The van der Waals surface area contributed by atoms with Crippen LogP contribution in [-0.4, -0.2) is 35.8 Å². The zero-order valence-electron chi connectivity index (χ0n) is 16.8. The molecule has 0 bridgehead atoms. The molecule has 1 aliphatic carbocycles. The maximum Gasteiger partial charge on any atom is 0.118 e. The molecule has 1 heterocycles. The molecule has 0 unspecified atom stereocenters. The van der Waals surface area contributed by atoms with Crippen LogP contribution in [0.4, 0.5) is 0 Å². The molecule has 2 aliphatic rings. The largest absolute Gasteiger partial charge is 0.497 e. The SMILES string of the molecule is COc1ccc([C@H]2[C@@H]3CCCC[C@@]3(O)CCN2C/C=C/c2ccccc2)cc1. The molecule has 1 saturated heterocycles. The summed E-state index contributed by atoms with van der Waals surface area (Å²) in [5, 5.41) is 11.4. The molecule has 3 atom stereocenters. The van der Waals surface area contributed by atoms with Crippen LogP contribution >= 0.6 is 0 Å². The van der Waals surface area contributed by atoms with Crippen LogP contribution in [0, 0.1) is 5.92 Å². The van der Waals surface area contributed by atoms with Gasteiger partial charge in [-0.1, -0.05) is 67.5 Å². The van der Waals surface area contributed by atoms with Gasteiger partial charge in [-0.25, -0.2) is 0 Å². The predicted octanol–water partition coefficient (Wildman–Crippen LogP) is 5.08. The van der Waals surface area contributed by atoms with Crippen molar-refractivity contribution in [1.29, 1.82) is 0 Å². The molecule has 3 nitrogen and oxygen atoms in total. The number of methoxy groups -OCH3 is 1. The summed E-state index contributed by atoms with van der Waals surface area (Å²) in [7, 11) is 1.70. The van der Waals surface area contributed by atoms with E-state index in [0.29, 0.717) is 5.92 Å². The summed E-state index contributed by atoms with van der Waals surface area (Å²) in [6, 6.07) is 19.2. The van der Waals surface area contributed by atoms with Gasteiger partial charge in [0.25, 0.3) is 0 Å². The number of nitrogens with zero attached hydrogens (tertiary/aromatic N) is 1. The van der Waals surface area contributed by atoms with Crippen molar-refractivity contribution in [2.45, 2.75) is 43.7 Å². The Morgan fingerprint density at radius 2 is 1.86 bits per heavy atom. The van der Waals surface area contributed by atoms with Crippen LogP contribution in [0.1, 0.15) is 49.3 Å². The second kappa shape index (κ2) is 8.50. The van der Waals surface area contributed by atoms with E-state index >= 15 is 0 Å². The minimum Gasteiger partial charge on any atom is -0.497 e. The smallest absolute Gasteiger partial charge is 0.118 e. The first-order chi connectivity index (χ1) is 13.7. The van der Waals surface area contributed by atoms with Gasteiger partial charge in [0.1, 0.15) is 5.75 Å². The van der Waals surface area contributed by atoms with Gasteiger partial charge in [0.2, 0.25) is 0 Å². The van der Waals surface area contributed by atoms with E-state index in [2.05, 4.69) is 53.5 Å². The number of fused-ring (bicyclic) bond motifs is 1. The Labute approximate surface area is 168 Å². The number of aliphatic hydroxyl groups is 1. The number of hydrogen-bond donors (Lipinski definition) is 1. The lowest BCUT2D eigenvalue weighted by molar-refractivity contribution is -0.122. The summed E-state index contributed by atoms with van der Waals surface area (Å²) in [5.41, 5.74) is 2.01. The van der Waals surface area contributed by atoms with Crippen LogP contribution in [-0.2, 0) is 0 Å². The molecule has 1 N–H and O–H groups in total. The molecule has 0 aromatic heterocycles. The molecule has 0 amide bonds. The van der Waals surface area contributed by atoms with Crippen LogP contribution in [0.5, 0.6) is 5.75 Å². The molecule has 2 aromatic carbocycles. The topological polar surface area (TPSA) is 32.7 Å². The molecule has 2 fully saturated rings. The summed E-state index contributed by atoms with van der Waals surface area (Å²) >= 11 is 0. The van der Waals surface area contributed by atoms with Crippen molar-refractivity contribution in [2.24, 2.45) is 5.92 Å². The number of benzene rings is 2. The van der Waals surface area contributed by atoms with Gasteiger partial charge in [0, 0.05) is 25.0 Å². The maximum atomic E-state index is 11.4. The van der Waals surface area contributed by atoms with E-state index < -0.39 is 5.60 Å². The number of piperidine rings is 1. The minimum absolute atomic E-state index is 0.255. The fourth-order valence-electron chi connectivity index (χ4n) is 5.08. The van der Waals surface area contributed by atoms with Crippen molar-refractivity contribution in [3.63, 3.8) is 0 Å². The van der Waals surface area contributed by atoms with Crippen LogP contribution in [0.15, 0.2) is 60.7 Å². The van der Waals surface area contributed by atoms with Gasteiger partial charge in [0.05, 0.1) is 12.7 Å². The Kier molecular flexibility index (Phi) is 5.84. The minimum atomic E-state index is -0.511. The molecular weight excluding hydrogens is 346 g/mol. The van der Waals surface area contributed by atoms with E-state index in [1.54, 1.807) is 7.11 Å². The Morgan fingerprint density at radius 3 is 2.61 bits per heavy atom. The van der Waals surface area contributed by atoms with Crippen molar-refractivity contribution < 1.29 is 9.84 Å². The highest BCUT2D eigenvalue weighted by Gasteiger charge is 2.48. The lowest BCUT2D eigenvalue weighted by atomic mass is 9.66. The van der Waals surface area contributed by atoms with Gasteiger partial charge in [-0.15, -0.1) is 0 Å². The van der Waals surface area contributed by atoms with Gasteiger partial charge in [0.15, 0.2) is 0 Å². The van der Waals surface area contributed by atoms with E-state index in [4.69, 9.17) is 4.74 Å². The van der Waals surface area contributed by atoms with Crippen LogP contribution in [0.2, 0.25) is 0 Å². The Morgan fingerprint density at radius 1 is 1.07 bits per heavy atom. The second-order valence-electron chi connectivity index (χ2n) is 8.23. The van der Waals surface area contributed by atoms with Crippen LogP contribution in [0.3, 0.4) is 0 Å². The third-order valence-corrected chi connectivity index (χ3v) is 6.58. The first kappa shape index (κ1) is 19.2. The zero-order valence-corrected chi connectivity index (χ0v) is 16.8. The van der Waals surface area contributed by atoms with Gasteiger partial charge >= 0.3 is 0 Å². The first-order valence-corrected chi connectivity index (χ1v) is 10.5. The zero-order chi connectivity index (χ0) is 19.4. The molecule has 1 aliphatic heterocycles. The highest BCUT2D eigenvalue weighted by Crippen LogP contribution is 2.49. The van der Waals surface area contributed by atoms with E-state index in [9.17, 15) is 5.11 Å². The van der Waals surface area contributed by atoms with Gasteiger partial charge in [-0.2, -0.15) is 0 Å². The van der Waals surface area contributed by atoms with E-state index in [0.717, 1.165) is 44.5 Å². The summed E-state index contributed by atoms with van der Waals surface area (Å²) in [5.74, 6) is 1.18. The summed E-state index contributed by atoms with van der Waals surface area (Å²) < 4.78 is 5.35. The molecule has 4 rings (SSSR count). The normalized spacial score (nSPS) is 28.2. The number of likely N-dealkylation sites (tertiary alicyclic amines) is 1. The highest BCUT2D eigenvalue weighted by molar-refractivity contribution is 5.48. The lowest BCUT2D eigenvalue weighted by Gasteiger charge is -2.52. The maximum absolute atomic E-state index is 11.4. The summed E-state index contributed by atoms with van der Waals surface area (Å²) in [6.07, 6.45) is 9.75. The predicted molar refractivity (Wildman–Crippen MR) is 114 cm³/mol. The molecule has 148 valence electrons. The number of ether oxygens (including phenoxy) is 1. The fourth-order valence-corrected chi connectivity index (χ4v) is 5.08. The molecule has 2 aromatic rings.